The second kappa shape index (κ2) is 8.78. The number of hydrogen-bond acceptors (Lipinski definition) is 3. The highest BCUT2D eigenvalue weighted by atomic mass is 35.5. The first-order chi connectivity index (χ1) is 8.15. The minimum Gasteiger partial charge on any atom is -0.491 e. The van der Waals surface area contributed by atoms with Crippen molar-refractivity contribution in [1.29, 1.82) is 0 Å². The number of amides is 1. The van der Waals surface area contributed by atoms with Gasteiger partial charge < -0.3 is 15.4 Å². The number of carbonyl (C=O) groups is 1. The van der Waals surface area contributed by atoms with E-state index in [0.29, 0.717) is 6.54 Å². The summed E-state index contributed by atoms with van der Waals surface area (Å²) in [7, 11) is 1.74. The molecule has 0 spiro atoms. The molecule has 1 aromatic rings. The van der Waals surface area contributed by atoms with Crippen LogP contribution < -0.4 is 15.4 Å². The van der Waals surface area contributed by atoms with Crippen LogP contribution in [0.3, 0.4) is 0 Å². The molecule has 0 aromatic heterocycles. The fourth-order valence-corrected chi connectivity index (χ4v) is 1.30. The lowest BCUT2D eigenvalue weighted by atomic mass is 10.3. The van der Waals surface area contributed by atoms with Gasteiger partial charge in [-0.25, -0.2) is 0 Å². The van der Waals surface area contributed by atoms with E-state index in [-0.39, 0.29) is 24.4 Å². The Morgan fingerprint density at radius 1 is 1.33 bits per heavy atom. The summed E-state index contributed by atoms with van der Waals surface area (Å²) in [6, 6.07) is 7.40. The van der Waals surface area contributed by atoms with E-state index in [1.54, 1.807) is 7.05 Å². The number of ether oxygens (including phenoxy) is 1. The first-order valence-electron chi connectivity index (χ1n) is 5.87. The molecule has 0 aliphatic rings. The fraction of sp³-hybridized carbons (Fsp3) is 0.462. The highest BCUT2D eigenvalue weighted by molar-refractivity contribution is 5.92. The van der Waals surface area contributed by atoms with Crippen LogP contribution >= 0.6 is 12.4 Å². The summed E-state index contributed by atoms with van der Waals surface area (Å²) in [6.07, 6.45) is 1.18. The molecule has 1 rings (SSSR count). The van der Waals surface area contributed by atoms with E-state index in [2.05, 4.69) is 17.6 Å². The van der Waals surface area contributed by atoms with Crippen LogP contribution in [-0.2, 0) is 4.79 Å². The van der Waals surface area contributed by atoms with Gasteiger partial charge in [0.15, 0.2) is 0 Å². The van der Waals surface area contributed by atoms with Crippen molar-refractivity contribution in [3.05, 3.63) is 24.3 Å². The summed E-state index contributed by atoms with van der Waals surface area (Å²) < 4.78 is 5.65. The topological polar surface area (TPSA) is 50.4 Å². The monoisotopic (exact) mass is 272 g/mol. The lowest BCUT2D eigenvalue weighted by Gasteiger charge is -2.13. The molecule has 1 atom stereocenters. The number of nitrogens with one attached hydrogen (secondary N) is 2. The molecule has 0 aliphatic carbocycles. The summed E-state index contributed by atoms with van der Waals surface area (Å²) >= 11 is 0. The Morgan fingerprint density at radius 2 is 1.94 bits per heavy atom. The molecule has 0 saturated carbocycles. The highest BCUT2D eigenvalue weighted by Crippen LogP contribution is 2.17. The molecular weight excluding hydrogens is 252 g/mol. The van der Waals surface area contributed by atoms with E-state index in [9.17, 15) is 4.79 Å². The van der Waals surface area contributed by atoms with Gasteiger partial charge >= 0.3 is 0 Å². The fourth-order valence-electron chi connectivity index (χ4n) is 1.30. The predicted octanol–water partition coefficient (Wildman–Crippen LogP) is 2.44. The van der Waals surface area contributed by atoms with E-state index in [1.165, 1.54) is 0 Å². The van der Waals surface area contributed by atoms with E-state index < -0.39 is 0 Å². The number of benzene rings is 1. The standard InChI is InChI=1S/C13H20N2O2.ClH/c1-4-10(2)17-12-7-5-11(6-8-12)15-13(16)9-14-3;/h5-8,10,14H,4,9H2,1-3H3,(H,15,16);1H. The predicted molar refractivity (Wildman–Crippen MR) is 76.6 cm³/mol. The van der Waals surface area contributed by atoms with E-state index >= 15 is 0 Å². The molecule has 0 fully saturated rings. The third-order valence-corrected chi connectivity index (χ3v) is 2.39. The van der Waals surface area contributed by atoms with Crippen LogP contribution in [0.5, 0.6) is 5.75 Å². The van der Waals surface area contributed by atoms with Crippen LogP contribution in [0.2, 0.25) is 0 Å². The molecule has 1 amide bonds. The summed E-state index contributed by atoms with van der Waals surface area (Å²) in [6.45, 7) is 4.42. The van der Waals surface area contributed by atoms with Gasteiger partial charge in [-0.2, -0.15) is 0 Å². The minimum absolute atomic E-state index is 0. The first-order valence-corrected chi connectivity index (χ1v) is 5.87. The van der Waals surface area contributed by atoms with Crippen LogP contribution in [0.15, 0.2) is 24.3 Å². The van der Waals surface area contributed by atoms with Crippen molar-refractivity contribution < 1.29 is 9.53 Å². The maximum atomic E-state index is 11.3. The molecule has 0 heterocycles. The van der Waals surface area contributed by atoms with Gasteiger partial charge in [0.1, 0.15) is 5.75 Å². The molecular formula is C13H21ClN2O2. The van der Waals surface area contributed by atoms with Crippen LogP contribution in [-0.4, -0.2) is 25.6 Å². The summed E-state index contributed by atoms with van der Waals surface area (Å²) in [5.41, 5.74) is 0.779. The molecule has 1 aromatic carbocycles. The van der Waals surface area contributed by atoms with Gasteiger partial charge in [-0.3, -0.25) is 4.79 Å². The number of anilines is 1. The SMILES string of the molecule is CCC(C)Oc1ccc(NC(=O)CNC)cc1.Cl. The van der Waals surface area contributed by atoms with E-state index in [0.717, 1.165) is 17.9 Å². The summed E-state index contributed by atoms with van der Waals surface area (Å²) in [5, 5.41) is 5.58. The molecule has 2 N–H and O–H groups in total. The average Bonchev–Trinajstić information content (AvgIpc) is 2.32. The largest absolute Gasteiger partial charge is 0.491 e. The zero-order valence-corrected chi connectivity index (χ0v) is 11.8. The van der Waals surface area contributed by atoms with Gasteiger partial charge in [-0.05, 0) is 44.7 Å². The lowest BCUT2D eigenvalue weighted by molar-refractivity contribution is -0.115. The average molecular weight is 273 g/mol. The smallest absolute Gasteiger partial charge is 0.238 e. The van der Waals surface area contributed by atoms with Crippen LogP contribution in [0.1, 0.15) is 20.3 Å². The van der Waals surface area contributed by atoms with Crippen molar-refractivity contribution in [2.24, 2.45) is 0 Å². The van der Waals surface area contributed by atoms with Gasteiger partial charge in [0.2, 0.25) is 5.91 Å². The molecule has 4 nitrogen and oxygen atoms in total. The van der Waals surface area contributed by atoms with Crippen LogP contribution in [0.4, 0.5) is 5.69 Å². The molecule has 0 bridgehead atoms. The van der Waals surface area contributed by atoms with Crippen molar-refractivity contribution in [3.63, 3.8) is 0 Å². The molecule has 1 unspecified atom stereocenters. The number of halogens is 1. The van der Waals surface area contributed by atoms with Gasteiger partial charge in [-0.15, -0.1) is 12.4 Å². The van der Waals surface area contributed by atoms with Gasteiger partial charge in [0, 0.05) is 5.69 Å². The van der Waals surface area contributed by atoms with Gasteiger partial charge in [-0.1, -0.05) is 6.92 Å². The van der Waals surface area contributed by atoms with Gasteiger partial charge in [0.25, 0.3) is 0 Å². The molecule has 0 radical (unpaired) electrons. The third kappa shape index (κ3) is 5.89. The second-order valence-electron chi connectivity index (χ2n) is 3.94. The van der Waals surface area contributed by atoms with Crippen molar-refractivity contribution in [3.8, 4) is 5.75 Å². The number of rotatable bonds is 6. The molecule has 102 valence electrons. The summed E-state index contributed by atoms with van der Waals surface area (Å²) in [5.74, 6) is 0.772. The van der Waals surface area contributed by atoms with Crippen molar-refractivity contribution >= 4 is 24.0 Å². The highest BCUT2D eigenvalue weighted by Gasteiger charge is 2.03. The van der Waals surface area contributed by atoms with Crippen molar-refractivity contribution in [1.82, 2.24) is 5.32 Å². The summed E-state index contributed by atoms with van der Waals surface area (Å²) in [4.78, 5) is 11.3. The maximum absolute atomic E-state index is 11.3. The van der Waals surface area contributed by atoms with Crippen LogP contribution in [0, 0.1) is 0 Å². The Bertz CT molecular complexity index is 355. The number of hydrogen-bond donors (Lipinski definition) is 2. The second-order valence-corrected chi connectivity index (χ2v) is 3.94. The Morgan fingerprint density at radius 3 is 2.44 bits per heavy atom. The third-order valence-electron chi connectivity index (χ3n) is 2.39. The Hall–Kier alpha value is -1.26. The number of carbonyl (C=O) groups excluding carboxylic acids is 1. The van der Waals surface area contributed by atoms with Gasteiger partial charge in [0.05, 0.1) is 12.6 Å². The maximum Gasteiger partial charge on any atom is 0.238 e. The minimum atomic E-state index is -0.0527. The molecule has 5 heteroatoms. The van der Waals surface area contributed by atoms with Crippen molar-refractivity contribution in [2.75, 3.05) is 18.9 Å². The Balaban J connectivity index is 0.00000289. The normalized spacial score (nSPS) is 11.3. The molecule has 0 aliphatic heterocycles. The Kier molecular flexibility index (Phi) is 8.16. The van der Waals surface area contributed by atoms with Crippen molar-refractivity contribution in [2.45, 2.75) is 26.4 Å². The van der Waals surface area contributed by atoms with Crippen LogP contribution in [0.25, 0.3) is 0 Å². The molecule has 0 saturated heterocycles. The molecule has 18 heavy (non-hydrogen) atoms. The zero-order chi connectivity index (χ0) is 12.7. The zero-order valence-electron chi connectivity index (χ0n) is 11.0. The number of likely N-dealkylation sites (N-methyl/N-ethyl adjacent to an activating group) is 1. The quantitative estimate of drug-likeness (QED) is 0.836. The van der Waals surface area contributed by atoms with E-state index in [4.69, 9.17) is 4.74 Å². The first kappa shape index (κ1) is 16.7. The Labute approximate surface area is 115 Å². The van der Waals surface area contributed by atoms with E-state index in [1.807, 2.05) is 31.2 Å². The lowest BCUT2D eigenvalue weighted by Crippen LogP contribution is -2.24.